The Morgan fingerprint density at radius 3 is 0.848 bits per heavy atom. The number of aliphatic hydroxyl groups is 1. The average Bonchev–Trinajstić information content (AvgIpc) is 1.04. The van der Waals surface area contributed by atoms with E-state index < -0.39 is 97.5 Å². The van der Waals surface area contributed by atoms with Crippen molar-refractivity contribution in [3.8, 4) is 0 Å². The molecule has 0 aliphatic rings. The van der Waals surface area contributed by atoms with E-state index in [9.17, 15) is 43.2 Å². The van der Waals surface area contributed by atoms with Crippen molar-refractivity contribution in [1.82, 2.24) is 0 Å². The molecular formula is C80H152O17P2. The Bertz CT molecular complexity index is 2020. The number of allylic oxidation sites excluding steroid dienone is 4. The molecule has 0 aliphatic carbocycles. The topological polar surface area (TPSA) is 237 Å². The van der Waals surface area contributed by atoms with Gasteiger partial charge in [0, 0.05) is 25.7 Å². The molecule has 0 amide bonds. The van der Waals surface area contributed by atoms with Crippen LogP contribution in [0.25, 0.3) is 0 Å². The minimum atomic E-state index is -4.97. The molecule has 0 fully saturated rings. The second-order valence-electron chi connectivity index (χ2n) is 28.8. The lowest BCUT2D eigenvalue weighted by Crippen LogP contribution is -2.30. The summed E-state index contributed by atoms with van der Waals surface area (Å²) in [5, 5.41) is 10.6. The molecule has 5 unspecified atom stereocenters. The van der Waals surface area contributed by atoms with Gasteiger partial charge in [-0.1, -0.05) is 336 Å². The van der Waals surface area contributed by atoms with Gasteiger partial charge in [0.25, 0.3) is 0 Å². The predicted octanol–water partition coefficient (Wildman–Crippen LogP) is 23.3. The van der Waals surface area contributed by atoms with Crippen LogP contribution in [0.4, 0.5) is 0 Å². The fourth-order valence-electron chi connectivity index (χ4n) is 11.7. The molecule has 0 saturated heterocycles. The van der Waals surface area contributed by atoms with Crippen LogP contribution in [0, 0.1) is 17.8 Å². The Kier molecular flexibility index (Phi) is 68.1. The van der Waals surface area contributed by atoms with E-state index in [1.165, 1.54) is 180 Å². The summed E-state index contributed by atoms with van der Waals surface area (Å²) in [5.41, 5.74) is 0. The molecule has 0 bridgehead atoms. The molecule has 584 valence electrons. The Hall–Kier alpha value is -2.46. The zero-order chi connectivity index (χ0) is 73.0. The van der Waals surface area contributed by atoms with Gasteiger partial charge in [-0.15, -0.1) is 0 Å². The van der Waals surface area contributed by atoms with Crippen LogP contribution >= 0.6 is 15.6 Å². The SMILES string of the molecule is CCCCCC/C=C\C=C/CCCCCCCC(=O)O[C@H](COC(=O)CCCCCCCCC(C)CC)COP(=O)(O)OC[C@H](O)COP(=O)(O)OC[C@@H](COC(=O)CCCCCCCCCCCCCCCCCCCCC(C)CC)OC(=O)CCCCCCCCCCC(C)CC. The van der Waals surface area contributed by atoms with E-state index in [1.54, 1.807) is 0 Å². The summed E-state index contributed by atoms with van der Waals surface area (Å²) in [6, 6.07) is 0. The van der Waals surface area contributed by atoms with Crippen molar-refractivity contribution in [2.24, 2.45) is 17.8 Å². The van der Waals surface area contributed by atoms with Crippen molar-refractivity contribution >= 4 is 39.5 Å². The number of hydrogen-bond acceptors (Lipinski definition) is 15. The first-order valence-corrected chi connectivity index (χ1v) is 43.8. The zero-order valence-electron chi connectivity index (χ0n) is 64.4. The van der Waals surface area contributed by atoms with Crippen LogP contribution < -0.4 is 0 Å². The molecule has 0 aromatic carbocycles. The first-order chi connectivity index (χ1) is 47.8. The van der Waals surface area contributed by atoms with Gasteiger partial charge in [-0.3, -0.25) is 37.3 Å². The van der Waals surface area contributed by atoms with Crippen LogP contribution in [-0.2, 0) is 65.4 Å². The Morgan fingerprint density at radius 1 is 0.323 bits per heavy atom. The van der Waals surface area contributed by atoms with Gasteiger partial charge in [0.2, 0.25) is 0 Å². The number of unbranched alkanes of at least 4 members (excludes halogenated alkanes) is 38. The molecule has 0 radical (unpaired) electrons. The summed E-state index contributed by atoms with van der Waals surface area (Å²) < 4.78 is 68.6. The number of phosphoric acid groups is 2. The van der Waals surface area contributed by atoms with E-state index in [4.69, 9.17) is 37.0 Å². The lowest BCUT2D eigenvalue weighted by Gasteiger charge is -2.21. The predicted molar refractivity (Wildman–Crippen MR) is 404 cm³/mol. The van der Waals surface area contributed by atoms with E-state index >= 15 is 0 Å². The molecule has 17 nitrogen and oxygen atoms in total. The smallest absolute Gasteiger partial charge is 0.462 e. The maximum Gasteiger partial charge on any atom is 0.472 e. The summed E-state index contributed by atoms with van der Waals surface area (Å²) in [6.07, 6.45) is 60.5. The van der Waals surface area contributed by atoms with Crippen molar-refractivity contribution < 1.29 is 80.2 Å². The van der Waals surface area contributed by atoms with Crippen molar-refractivity contribution in [2.45, 2.75) is 407 Å². The lowest BCUT2D eigenvalue weighted by molar-refractivity contribution is -0.161. The second kappa shape index (κ2) is 69.9. The number of rotatable bonds is 76. The molecule has 99 heavy (non-hydrogen) atoms. The summed E-state index contributed by atoms with van der Waals surface area (Å²) in [4.78, 5) is 72.9. The highest BCUT2D eigenvalue weighted by molar-refractivity contribution is 7.47. The molecule has 3 N–H and O–H groups in total. The maximum atomic E-state index is 13.1. The molecule has 19 heteroatoms. The minimum Gasteiger partial charge on any atom is -0.462 e. The fourth-order valence-corrected chi connectivity index (χ4v) is 13.3. The number of carbonyl (C=O) groups is 4. The van der Waals surface area contributed by atoms with E-state index in [2.05, 4.69) is 72.8 Å². The number of phosphoric ester groups is 2. The van der Waals surface area contributed by atoms with Crippen molar-refractivity contribution in [3.63, 3.8) is 0 Å². The quantitative estimate of drug-likeness (QED) is 0.0169. The summed E-state index contributed by atoms with van der Waals surface area (Å²) in [7, 11) is -9.93. The third kappa shape index (κ3) is 69.7. The molecule has 0 aromatic heterocycles. The lowest BCUT2D eigenvalue weighted by atomic mass is 9.99. The molecule has 0 saturated carbocycles. The van der Waals surface area contributed by atoms with Gasteiger partial charge in [0.05, 0.1) is 26.4 Å². The van der Waals surface area contributed by atoms with Crippen LogP contribution in [0.5, 0.6) is 0 Å². The average molecular weight is 1450 g/mol. The third-order valence-corrected chi connectivity index (χ3v) is 21.0. The third-order valence-electron chi connectivity index (χ3n) is 19.1. The van der Waals surface area contributed by atoms with Crippen LogP contribution in [-0.4, -0.2) is 96.7 Å². The Morgan fingerprint density at radius 2 is 0.566 bits per heavy atom. The molecule has 8 atom stereocenters. The monoisotopic (exact) mass is 1450 g/mol. The normalized spacial score (nSPS) is 15.0. The maximum absolute atomic E-state index is 13.1. The van der Waals surface area contributed by atoms with E-state index in [0.717, 1.165) is 127 Å². The number of aliphatic hydroxyl groups excluding tert-OH is 1. The number of carbonyl (C=O) groups excluding carboxylic acids is 4. The molecule has 0 heterocycles. The number of esters is 4. The van der Waals surface area contributed by atoms with Gasteiger partial charge in [-0.05, 0) is 69.1 Å². The summed E-state index contributed by atoms with van der Waals surface area (Å²) >= 11 is 0. The van der Waals surface area contributed by atoms with E-state index in [1.807, 2.05) is 0 Å². The van der Waals surface area contributed by atoms with Gasteiger partial charge in [0.15, 0.2) is 12.2 Å². The van der Waals surface area contributed by atoms with Crippen LogP contribution in [0.3, 0.4) is 0 Å². The molecule has 0 aromatic rings. The van der Waals surface area contributed by atoms with Gasteiger partial charge < -0.3 is 33.8 Å². The Labute approximate surface area is 605 Å². The highest BCUT2D eigenvalue weighted by atomic mass is 31.2. The second-order valence-corrected chi connectivity index (χ2v) is 31.8. The van der Waals surface area contributed by atoms with Gasteiger partial charge in [0.1, 0.15) is 19.3 Å². The molecule has 0 rings (SSSR count). The Balaban J connectivity index is 5.21. The largest absolute Gasteiger partial charge is 0.472 e. The molecular weight excluding hydrogens is 1290 g/mol. The van der Waals surface area contributed by atoms with E-state index in [-0.39, 0.29) is 25.7 Å². The van der Waals surface area contributed by atoms with Crippen LogP contribution in [0.15, 0.2) is 24.3 Å². The number of hydrogen-bond donors (Lipinski definition) is 3. The van der Waals surface area contributed by atoms with Crippen molar-refractivity contribution in [3.05, 3.63) is 24.3 Å². The minimum absolute atomic E-state index is 0.0839. The van der Waals surface area contributed by atoms with Gasteiger partial charge >= 0.3 is 39.5 Å². The number of ether oxygens (including phenoxy) is 4. The van der Waals surface area contributed by atoms with Crippen LogP contribution in [0.1, 0.15) is 389 Å². The van der Waals surface area contributed by atoms with E-state index in [0.29, 0.717) is 25.7 Å². The zero-order valence-corrected chi connectivity index (χ0v) is 66.2. The van der Waals surface area contributed by atoms with Crippen molar-refractivity contribution in [1.29, 1.82) is 0 Å². The van der Waals surface area contributed by atoms with Crippen molar-refractivity contribution in [2.75, 3.05) is 39.6 Å². The van der Waals surface area contributed by atoms with Crippen LogP contribution in [0.2, 0.25) is 0 Å². The molecule has 0 aliphatic heterocycles. The molecule has 0 spiro atoms. The summed E-state index contributed by atoms with van der Waals surface area (Å²) in [6.45, 7) is 11.9. The first-order valence-electron chi connectivity index (χ1n) is 40.8. The first kappa shape index (κ1) is 96.5. The highest BCUT2D eigenvalue weighted by Crippen LogP contribution is 2.45. The summed E-state index contributed by atoms with van der Waals surface area (Å²) in [5.74, 6) is 0.220. The fraction of sp³-hybridized carbons (Fsp3) is 0.900. The van der Waals surface area contributed by atoms with Gasteiger partial charge in [-0.2, -0.15) is 0 Å². The van der Waals surface area contributed by atoms with Gasteiger partial charge in [-0.25, -0.2) is 9.13 Å². The highest BCUT2D eigenvalue weighted by Gasteiger charge is 2.30. The standard InChI is InChI=1S/C80H152O17P2/c1-8-12-13-14-15-16-17-18-23-28-31-34-40-49-56-63-79(84)96-76(68-91-78(83)62-55-48-43-42-46-53-60-73(7)11-4)70-95-99(88,89)93-66-74(81)65-92-98(86,87)94-69-75(97-80(85)64-57-50-41-36-35-38-45-52-59-72(6)10-3)67-90-77(82)61-54-47-39-33-30-27-25-22-20-19-21-24-26-29-32-37-44-51-58-71(5)9-2/h16-18,23,71-76,81H,8-15,19-22,24-70H2,1-7H3,(H,86,87)(H,88,89)/b17-16-,23-18-/t71?,72?,73?,74-,75-,76-/m1/s1.